The average Bonchev–Trinajstić information content (AvgIpc) is 2.47. The van der Waals surface area contributed by atoms with Gasteiger partial charge in [-0.1, -0.05) is 38.0 Å². The zero-order valence-corrected chi connectivity index (χ0v) is 14.7. The predicted octanol–water partition coefficient (Wildman–Crippen LogP) is 3.77. The summed E-state index contributed by atoms with van der Waals surface area (Å²) in [6, 6.07) is 9.54. The molecule has 1 amide bonds. The molecule has 126 valence electrons. The van der Waals surface area contributed by atoms with Crippen molar-refractivity contribution in [2.45, 2.75) is 71.0 Å². The van der Waals surface area contributed by atoms with Gasteiger partial charge in [-0.05, 0) is 50.7 Å². The van der Waals surface area contributed by atoms with Crippen molar-refractivity contribution in [2.24, 2.45) is 5.92 Å². The van der Waals surface area contributed by atoms with Crippen molar-refractivity contribution in [3.8, 4) is 0 Å². The minimum atomic E-state index is 0.0917. The van der Waals surface area contributed by atoms with Crippen LogP contribution in [-0.4, -0.2) is 35.5 Å². The molecule has 2 aliphatic heterocycles. The summed E-state index contributed by atoms with van der Waals surface area (Å²) in [5.41, 5.74) is 1.93. The molecule has 0 saturated carbocycles. The first-order chi connectivity index (χ1) is 11.0. The second kappa shape index (κ2) is 7.04. The van der Waals surface area contributed by atoms with Gasteiger partial charge in [-0.2, -0.15) is 0 Å². The number of fused-ring (bicyclic) bond motifs is 2. The van der Waals surface area contributed by atoms with Gasteiger partial charge in [0.05, 0.1) is 0 Å². The van der Waals surface area contributed by atoms with Crippen molar-refractivity contribution in [2.75, 3.05) is 6.54 Å². The molecule has 1 N–H and O–H groups in total. The monoisotopic (exact) mass is 314 g/mol. The van der Waals surface area contributed by atoms with Crippen LogP contribution >= 0.6 is 0 Å². The van der Waals surface area contributed by atoms with E-state index in [1.165, 1.54) is 25.8 Å². The number of piperidine rings is 2. The van der Waals surface area contributed by atoms with E-state index >= 15 is 0 Å². The summed E-state index contributed by atoms with van der Waals surface area (Å²) in [6.07, 6.45) is 6.16. The van der Waals surface area contributed by atoms with Crippen LogP contribution in [0.3, 0.4) is 0 Å². The smallest absolute Gasteiger partial charge is 0.251 e. The molecule has 0 aromatic heterocycles. The molecule has 1 aromatic rings. The first-order valence-electron chi connectivity index (χ1n) is 9.16. The number of hydrogen-bond donors (Lipinski definition) is 1. The molecule has 2 saturated heterocycles. The molecule has 23 heavy (non-hydrogen) atoms. The SMILES string of the molecule is Cc1cccc(C(=O)NC2C[C@H]3CCC[C@H](C2)N3CC(C)C)c1. The maximum atomic E-state index is 12.5. The molecule has 2 atom stereocenters. The number of nitrogens with zero attached hydrogens (tertiary/aromatic N) is 1. The summed E-state index contributed by atoms with van der Waals surface area (Å²) in [5.74, 6) is 0.811. The number of hydrogen-bond acceptors (Lipinski definition) is 2. The van der Waals surface area contributed by atoms with E-state index in [2.05, 4.69) is 24.1 Å². The molecule has 0 spiro atoms. The number of aryl methyl sites for hydroxylation is 1. The fourth-order valence-corrected chi connectivity index (χ4v) is 4.37. The zero-order chi connectivity index (χ0) is 16.4. The van der Waals surface area contributed by atoms with E-state index in [1.54, 1.807) is 0 Å². The highest BCUT2D eigenvalue weighted by atomic mass is 16.1. The molecular weight excluding hydrogens is 284 g/mol. The molecule has 0 aliphatic carbocycles. The minimum absolute atomic E-state index is 0.0917. The van der Waals surface area contributed by atoms with Crippen molar-refractivity contribution in [3.05, 3.63) is 35.4 Å². The van der Waals surface area contributed by atoms with Crippen LogP contribution in [0.2, 0.25) is 0 Å². The van der Waals surface area contributed by atoms with E-state index in [4.69, 9.17) is 0 Å². The van der Waals surface area contributed by atoms with Crippen molar-refractivity contribution in [3.63, 3.8) is 0 Å². The largest absolute Gasteiger partial charge is 0.349 e. The second-order valence-corrected chi connectivity index (χ2v) is 7.84. The summed E-state index contributed by atoms with van der Waals surface area (Å²) in [4.78, 5) is 15.2. The fraction of sp³-hybridized carbons (Fsp3) is 0.650. The Kier molecular flexibility index (Phi) is 5.05. The van der Waals surface area contributed by atoms with Gasteiger partial charge >= 0.3 is 0 Å². The van der Waals surface area contributed by atoms with Crippen molar-refractivity contribution >= 4 is 5.91 Å². The standard InChI is InChI=1S/C20H30N2O/c1-14(2)13-22-18-8-5-9-19(22)12-17(11-18)21-20(23)16-7-4-6-15(3)10-16/h4,6-7,10,14,17-19H,5,8-9,11-13H2,1-3H3,(H,21,23)/t18-,19-/m1/s1. The van der Waals surface area contributed by atoms with Crippen LogP contribution < -0.4 is 5.32 Å². The summed E-state index contributed by atoms with van der Waals surface area (Å²) < 4.78 is 0. The van der Waals surface area contributed by atoms with E-state index < -0.39 is 0 Å². The van der Waals surface area contributed by atoms with Crippen LogP contribution in [0.5, 0.6) is 0 Å². The highest BCUT2D eigenvalue weighted by molar-refractivity contribution is 5.94. The third-order valence-corrected chi connectivity index (χ3v) is 5.32. The molecule has 3 heteroatoms. The fourth-order valence-electron chi connectivity index (χ4n) is 4.37. The Morgan fingerprint density at radius 2 is 1.96 bits per heavy atom. The summed E-state index contributed by atoms with van der Waals surface area (Å²) in [6.45, 7) is 7.85. The van der Waals surface area contributed by atoms with E-state index in [1.807, 2.05) is 31.2 Å². The third kappa shape index (κ3) is 3.95. The van der Waals surface area contributed by atoms with Crippen LogP contribution in [0.1, 0.15) is 61.9 Å². The van der Waals surface area contributed by atoms with Gasteiger partial charge in [0.2, 0.25) is 0 Å². The molecule has 2 heterocycles. The van der Waals surface area contributed by atoms with Gasteiger partial charge in [-0.3, -0.25) is 9.69 Å². The Hall–Kier alpha value is -1.35. The lowest BCUT2D eigenvalue weighted by atomic mass is 9.81. The average molecular weight is 314 g/mol. The summed E-state index contributed by atoms with van der Waals surface area (Å²) in [5, 5.41) is 3.30. The first-order valence-corrected chi connectivity index (χ1v) is 9.16. The van der Waals surface area contributed by atoms with Crippen LogP contribution in [-0.2, 0) is 0 Å². The number of benzene rings is 1. The quantitative estimate of drug-likeness (QED) is 0.917. The molecular formula is C20H30N2O. The lowest BCUT2D eigenvalue weighted by Gasteiger charge is -2.49. The molecule has 1 aromatic carbocycles. The van der Waals surface area contributed by atoms with Gasteiger partial charge in [0.25, 0.3) is 5.91 Å². The van der Waals surface area contributed by atoms with Crippen LogP contribution in [0.4, 0.5) is 0 Å². The van der Waals surface area contributed by atoms with Crippen molar-refractivity contribution in [1.29, 1.82) is 0 Å². The third-order valence-electron chi connectivity index (χ3n) is 5.32. The molecule has 2 bridgehead atoms. The molecule has 3 rings (SSSR count). The number of rotatable bonds is 4. The van der Waals surface area contributed by atoms with Crippen LogP contribution in [0.25, 0.3) is 0 Å². The van der Waals surface area contributed by atoms with E-state index in [0.29, 0.717) is 18.1 Å². The van der Waals surface area contributed by atoms with Gasteiger partial charge in [0.1, 0.15) is 0 Å². The Morgan fingerprint density at radius 1 is 1.26 bits per heavy atom. The van der Waals surface area contributed by atoms with E-state index in [0.717, 1.165) is 29.9 Å². The number of nitrogens with one attached hydrogen (secondary N) is 1. The normalized spacial score (nSPS) is 27.9. The Balaban J connectivity index is 1.63. The molecule has 0 unspecified atom stereocenters. The van der Waals surface area contributed by atoms with Crippen LogP contribution in [0.15, 0.2) is 24.3 Å². The predicted molar refractivity (Wildman–Crippen MR) is 94.6 cm³/mol. The molecule has 0 radical (unpaired) electrons. The molecule has 2 aliphatic rings. The molecule has 2 fully saturated rings. The maximum Gasteiger partial charge on any atom is 0.251 e. The van der Waals surface area contributed by atoms with Gasteiger partial charge in [-0.25, -0.2) is 0 Å². The summed E-state index contributed by atoms with van der Waals surface area (Å²) >= 11 is 0. The van der Waals surface area contributed by atoms with Crippen molar-refractivity contribution in [1.82, 2.24) is 10.2 Å². The minimum Gasteiger partial charge on any atom is -0.349 e. The maximum absolute atomic E-state index is 12.5. The second-order valence-electron chi connectivity index (χ2n) is 7.84. The lowest BCUT2D eigenvalue weighted by Crippen LogP contribution is -2.57. The van der Waals surface area contributed by atoms with Gasteiger partial charge in [-0.15, -0.1) is 0 Å². The highest BCUT2D eigenvalue weighted by Gasteiger charge is 2.38. The first kappa shape index (κ1) is 16.5. The number of amides is 1. The van der Waals surface area contributed by atoms with E-state index in [-0.39, 0.29) is 5.91 Å². The Bertz CT molecular complexity index is 540. The van der Waals surface area contributed by atoms with Crippen molar-refractivity contribution < 1.29 is 4.79 Å². The summed E-state index contributed by atoms with van der Waals surface area (Å²) in [7, 11) is 0. The van der Waals surface area contributed by atoms with Gasteiger partial charge in [0.15, 0.2) is 0 Å². The Morgan fingerprint density at radius 3 is 2.57 bits per heavy atom. The Labute approximate surface area is 140 Å². The zero-order valence-electron chi connectivity index (χ0n) is 14.7. The van der Waals surface area contributed by atoms with Crippen LogP contribution in [0, 0.1) is 12.8 Å². The number of carbonyl (C=O) groups excluding carboxylic acids is 1. The molecule has 3 nitrogen and oxygen atoms in total. The van der Waals surface area contributed by atoms with Gasteiger partial charge in [0, 0.05) is 30.2 Å². The van der Waals surface area contributed by atoms with Gasteiger partial charge < -0.3 is 5.32 Å². The number of carbonyl (C=O) groups is 1. The highest BCUT2D eigenvalue weighted by Crippen LogP contribution is 2.34. The lowest BCUT2D eigenvalue weighted by molar-refractivity contribution is 0.0158. The van der Waals surface area contributed by atoms with E-state index in [9.17, 15) is 4.79 Å². The topological polar surface area (TPSA) is 32.3 Å².